The lowest BCUT2D eigenvalue weighted by Crippen LogP contribution is -2.09. The number of allylic oxidation sites excluding steroid dienone is 1. The number of methoxy groups -OCH3 is 1. The number of rotatable bonds is 7. The monoisotopic (exact) mass is 328 g/mol. The first-order valence-corrected chi connectivity index (χ1v) is 7.03. The Kier molecular flexibility index (Phi) is 5.57. The van der Waals surface area contributed by atoms with Crippen LogP contribution >= 0.6 is 0 Å². The highest BCUT2D eigenvalue weighted by molar-refractivity contribution is 6.07. The van der Waals surface area contributed by atoms with Crippen molar-refractivity contribution in [3.05, 3.63) is 59.7 Å². The summed E-state index contributed by atoms with van der Waals surface area (Å²) in [6.45, 7) is -0.474. The number of phenols is 1. The summed E-state index contributed by atoms with van der Waals surface area (Å²) in [4.78, 5) is 22.7. The lowest BCUT2D eigenvalue weighted by atomic mass is 10.1. The number of carbonyl (C=O) groups excluding carboxylic acids is 1. The van der Waals surface area contributed by atoms with Gasteiger partial charge in [0.1, 0.15) is 5.75 Å². The molecule has 0 bridgehead atoms. The van der Waals surface area contributed by atoms with Crippen LogP contribution in [0.15, 0.2) is 48.5 Å². The van der Waals surface area contributed by atoms with Gasteiger partial charge in [0.15, 0.2) is 23.9 Å². The van der Waals surface area contributed by atoms with Crippen molar-refractivity contribution in [1.29, 1.82) is 0 Å². The lowest BCUT2D eigenvalue weighted by molar-refractivity contribution is -0.139. The Morgan fingerprint density at radius 3 is 2.62 bits per heavy atom. The zero-order valence-electron chi connectivity index (χ0n) is 12.9. The predicted molar refractivity (Wildman–Crippen MR) is 87.6 cm³/mol. The van der Waals surface area contributed by atoms with Crippen molar-refractivity contribution in [2.45, 2.75) is 0 Å². The average Bonchev–Trinajstić information content (AvgIpc) is 2.58. The van der Waals surface area contributed by atoms with Gasteiger partial charge in [-0.25, -0.2) is 4.79 Å². The molecule has 0 saturated heterocycles. The Hall–Kier alpha value is -3.28. The first-order valence-electron chi connectivity index (χ1n) is 7.03. The van der Waals surface area contributed by atoms with E-state index in [1.807, 2.05) is 0 Å². The quantitative estimate of drug-likeness (QED) is 0.600. The number of phenolic OH excluding ortho intramolecular Hbond substituents is 1. The minimum atomic E-state index is -1.09. The Labute approximate surface area is 138 Å². The average molecular weight is 328 g/mol. The van der Waals surface area contributed by atoms with Gasteiger partial charge in [-0.15, -0.1) is 0 Å². The molecule has 6 heteroatoms. The van der Waals surface area contributed by atoms with E-state index in [1.54, 1.807) is 36.4 Å². The summed E-state index contributed by atoms with van der Waals surface area (Å²) in [5.41, 5.74) is 1.01. The van der Waals surface area contributed by atoms with E-state index in [0.717, 1.165) is 0 Å². The minimum absolute atomic E-state index is 0.0174. The molecular weight excluding hydrogens is 312 g/mol. The number of benzene rings is 2. The molecule has 0 saturated carbocycles. The summed E-state index contributed by atoms with van der Waals surface area (Å²) in [5.74, 6) is -0.728. The highest BCUT2D eigenvalue weighted by Crippen LogP contribution is 2.26. The van der Waals surface area contributed by atoms with Gasteiger partial charge in [-0.3, -0.25) is 4.79 Å². The van der Waals surface area contributed by atoms with Crippen LogP contribution in [0.1, 0.15) is 15.9 Å². The lowest BCUT2D eigenvalue weighted by Gasteiger charge is -2.04. The molecule has 0 aliphatic heterocycles. The van der Waals surface area contributed by atoms with E-state index in [4.69, 9.17) is 14.6 Å². The molecule has 2 rings (SSSR count). The van der Waals surface area contributed by atoms with Gasteiger partial charge in [-0.05, 0) is 35.9 Å². The van der Waals surface area contributed by atoms with Gasteiger partial charge in [-0.1, -0.05) is 24.3 Å². The van der Waals surface area contributed by atoms with Crippen molar-refractivity contribution >= 4 is 17.8 Å². The Bertz CT molecular complexity index is 779. The Balaban J connectivity index is 2.10. The van der Waals surface area contributed by atoms with Gasteiger partial charge >= 0.3 is 5.97 Å². The molecular formula is C18H16O6. The number of aromatic hydroxyl groups is 1. The van der Waals surface area contributed by atoms with Gasteiger partial charge in [0.05, 0.1) is 7.11 Å². The largest absolute Gasteiger partial charge is 0.504 e. The standard InChI is InChI=1S/C18H16O6/c1-23-17-8-6-12(9-16(17)20)5-7-15(19)13-3-2-4-14(10-13)24-11-18(21)22/h2-10,20H,11H2,1H3,(H,21,22)/b7-5+. The molecule has 0 amide bonds. The van der Waals surface area contributed by atoms with Crippen molar-refractivity contribution < 1.29 is 29.3 Å². The molecule has 2 aromatic carbocycles. The number of ketones is 1. The summed E-state index contributed by atoms with van der Waals surface area (Å²) in [7, 11) is 1.45. The van der Waals surface area contributed by atoms with Gasteiger partial charge in [0.25, 0.3) is 0 Å². The number of carboxylic acid groups (broad SMARTS) is 1. The number of hydrogen-bond donors (Lipinski definition) is 2. The number of hydrogen-bond acceptors (Lipinski definition) is 5. The maximum absolute atomic E-state index is 12.2. The van der Waals surface area contributed by atoms with Crippen LogP contribution in [0, 0.1) is 0 Å². The van der Waals surface area contributed by atoms with Crippen LogP contribution in [0.3, 0.4) is 0 Å². The number of carbonyl (C=O) groups is 2. The fourth-order valence-electron chi connectivity index (χ4n) is 1.96. The van der Waals surface area contributed by atoms with Crippen LogP contribution < -0.4 is 9.47 Å². The van der Waals surface area contributed by atoms with E-state index in [0.29, 0.717) is 22.6 Å². The molecule has 0 aliphatic carbocycles. The molecule has 0 aliphatic rings. The molecule has 6 nitrogen and oxygen atoms in total. The second-order valence-electron chi connectivity index (χ2n) is 4.84. The summed E-state index contributed by atoms with van der Waals surface area (Å²) in [5, 5.41) is 18.3. The molecule has 0 heterocycles. The van der Waals surface area contributed by atoms with Crippen LogP contribution in [0.25, 0.3) is 6.08 Å². The van der Waals surface area contributed by atoms with E-state index in [-0.39, 0.29) is 11.5 Å². The molecule has 0 atom stereocenters. The van der Waals surface area contributed by atoms with E-state index in [9.17, 15) is 14.7 Å². The van der Waals surface area contributed by atoms with E-state index in [2.05, 4.69) is 0 Å². The van der Waals surface area contributed by atoms with E-state index in [1.165, 1.54) is 25.3 Å². The van der Waals surface area contributed by atoms with Gasteiger partial charge < -0.3 is 19.7 Å². The minimum Gasteiger partial charge on any atom is -0.504 e. The molecule has 0 aromatic heterocycles. The van der Waals surface area contributed by atoms with Crippen molar-refractivity contribution in [2.24, 2.45) is 0 Å². The van der Waals surface area contributed by atoms with E-state index < -0.39 is 12.6 Å². The first kappa shape index (κ1) is 17.1. The number of carboxylic acids is 1. The fraction of sp³-hybridized carbons (Fsp3) is 0.111. The molecule has 2 N–H and O–H groups in total. The van der Waals surface area contributed by atoms with Gasteiger partial charge in [0.2, 0.25) is 0 Å². The second kappa shape index (κ2) is 7.82. The third-order valence-corrected chi connectivity index (χ3v) is 3.11. The first-order chi connectivity index (χ1) is 11.5. The normalized spacial score (nSPS) is 10.5. The molecule has 24 heavy (non-hydrogen) atoms. The van der Waals surface area contributed by atoms with Crippen LogP contribution in [0.4, 0.5) is 0 Å². The Morgan fingerprint density at radius 1 is 1.17 bits per heavy atom. The van der Waals surface area contributed by atoms with Crippen LogP contribution in [-0.2, 0) is 4.79 Å². The highest BCUT2D eigenvalue weighted by Gasteiger charge is 2.06. The maximum atomic E-state index is 12.2. The number of aliphatic carboxylic acids is 1. The molecule has 2 aromatic rings. The second-order valence-corrected chi connectivity index (χ2v) is 4.84. The molecule has 124 valence electrons. The van der Waals surface area contributed by atoms with Crippen molar-refractivity contribution in [3.63, 3.8) is 0 Å². The third kappa shape index (κ3) is 4.61. The van der Waals surface area contributed by atoms with Crippen LogP contribution in [0.2, 0.25) is 0 Å². The zero-order valence-corrected chi connectivity index (χ0v) is 12.9. The zero-order chi connectivity index (χ0) is 17.5. The van der Waals surface area contributed by atoms with Gasteiger partial charge in [0, 0.05) is 5.56 Å². The summed E-state index contributed by atoms with van der Waals surface area (Å²) >= 11 is 0. The van der Waals surface area contributed by atoms with Crippen LogP contribution in [-0.4, -0.2) is 35.7 Å². The topological polar surface area (TPSA) is 93.1 Å². The van der Waals surface area contributed by atoms with Crippen LogP contribution in [0.5, 0.6) is 17.2 Å². The van der Waals surface area contributed by atoms with Crippen molar-refractivity contribution in [2.75, 3.05) is 13.7 Å². The summed E-state index contributed by atoms with van der Waals surface area (Å²) in [6.07, 6.45) is 2.92. The van der Waals surface area contributed by atoms with E-state index >= 15 is 0 Å². The molecule has 0 spiro atoms. The summed E-state index contributed by atoms with van der Waals surface area (Å²) < 4.78 is 9.99. The summed E-state index contributed by atoms with van der Waals surface area (Å²) in [6, 6.07) is 11.0. The SMILES string of the molecule is COc1ccc(/C=C/C(=O)c2cccc(OCC(=O)O)c2)cc1O. The molecule has 0 radical (unpaired) electrons. The highest BCUT2D eigenvalue weighted by atomic mass is 16.5. The van der Waals surface area contributed by atoms with Crippen molar-refractivity contribution in [1.82, 2.24) is 0 Å². The molecule has 0 unspecified atom stereocenters. The predicted octanol–water partition coefficient (Wildman–Crippen LogP) is 2.76. The third-order valence-electron chi connectivity index (χ3n) is 3.11. The smallest absolute Gasteiger partial charge is 0.341 e. The number of ether oxygens (including phenoxy) is 2. The van der Waals surface area contributed by atoms with Crippen molar-refractivity contribution in [3.8, 4) is 17.2 Å². The Morgan fingerprint density at radius 2 is 1.96 bits per heavy atom. The van der Waals surface area contributed by atoms with Gasteiger partial charge in [-0.2, -0.15) is 0 Å². The molecule has 0 fully saturated rings. The fourth-order valence-corrected chi connectivity index (χ4v) is 1.96. The maximum Gasteiger partial charge on any atom is 0.341 e.